The van der Waals surface area contributed by atoms with Gasteiger partial charge in [0, 0.05) is 5.41 Å². The number of nitrogens with one attached hydrogen (secondary N) is 1. The second-order valence-corrected chi connectivity index (χ2v) is 6.51. The highest BCUT2D eigenvalue weighted by Crippen LogP contribution is 2.31. The lowest BCUT2D eigenvalue weighted by Gasteiger charge is -2.17. The molecule has 5 nitrogen and oxygen atoms in total. The van der Waals surface area contributed by atoms with E-state index in [1.165, 1.54) is 11.3 Å². The maximum absolute atomic E-state index is 12.4. The van der Waals surface area contributed by atoms with E-state index in [0.717, 1.165) is 11.4 Å². The Balaban J connectivity index is 2.16. The Kier molecular flexibility index (Phi) is 5.13. The Hall–Kier alpha value is -1.95. The molecule has 0 radical (unpaired) electrons. The van der Waals surface area contributed by atoms with Crippen molar-refractivity contribution in [2.24, 2.45) is 0 Å². The van der Waals surface area contributed by atoms with Crippen LogP contribution in [0.2, 0.25) is 0 Å². The molecule has 0 saturated carbocycles. The number of hydrogen-bond donors (Lipinski definition) is 1. The molecule has 0 unspecified atom stereocenters. The Morgan fingerprint density at radius 2 is 2.00 bits per heavy atom. The molecule has 0 aliphatic heterocycles. The molecule has 1 heterocycles. The van der Waals surface area contributed by atoms with Gasteiger partial charge < -0.3 is 4.74 Å². The average molecular weight is 319 g/mol. The lowest BCUT2D eigenvalue weighted by atomic mass is 9.91. The molecule has 2 rings (SSSR count). The highest BCUT2D eigenvalue weighted by atomic mass is 32.1. The predicted octanol–water partition coefficient (Wildman–Crippen LogP) is 3.88. The van der Waals surface area contributed by atoms with E-state index < -0.39 is 0 Å². The third kappa shape index (κ3) is 3.62. The molecule has 1 aromatic heterocycles. The third-order valence-electron chi connectivity index (χ3n) is 3.54. The number of ether oxygens (including phenoxy) is 1. The van der Waals surface area contributed by atoms with E-state index >= 15 is 0 Å². The minimum Gasteiger partial charge on any atom is -0.493 e. The average Bonchev–Trinajstić information content (AvgIpc) is 2.97. The summed E-state index contributed by atoms with van der Waals surface area (Å²) in [4.78, 5) is 12.4. The zero-order chi connectivity index (χ0) is 16.2. The number of nitrogens with zero attached hydrogens (tertiary/aromatic N) is 2. The van der Waals surface area contributed by atoms with Crippen molar-refractivity contribution in [3.63, 3.8) is 0 Å². The van der Waals surface area contributed by atoms with Crippen LogP contribution in [-0.2, 0) is 5.41 Å². The molecule has 0 fully saturated rings. The van der Waals surface area contributed by atoms with E-state index in [1.807, 2.05) is 19.1 Å². The maximum Gasteiger partial charge on any atom is 0.261 e. The van der Waals surface area contributed by atoms with Crippen LogP contribution >= 0.6 is 11.3 Å². The van der Waals surface area contributed by atoms with Gasteiger partial charge in [0.25, 0.3) is 5.91 Å². The molecule has 0 aliphatic carbocycles. The van der Waals surface area contributed by atoms with Crippen molar-refractivity contribution in [1.82, 2.24) is 10.2 Å². The first kappa shape index (κ1) is 16.4. The van der Waals surface area contributed by atoms with Gasteiger partial charge in [0.05, 0.1) is 12.2 Å². The van der Waals surface area contributed by atoms with E-state index in [9.17, 15) is 4.79 Å². The second-order valence-electron chi connectivity index (χ2n) is 5.53. The minimum atomic E-state index is -0.235. The number of para-hydroxylation sites is 1. The summed E-state index contributed by atoms with van der Waals surface area (Å²) in [5.74, 6) is 0.335. The molecule has 0 aliphatic rings. The quantitative estimate of drug-likeness (QED) is 0.877. The highest BCUT2D eigenvalue weighted by molar-refractivity contribution is 7.15. The Labute approximate surface area is 134 Å². The van der Waals surface area contributed by atoms with Gasteiger partial charge in [0.15, 0.2) is 0 Å². The summed E-state index contributed by atoms with van der Waals surface area (Å²) in [6, 6.07) is 7.17. The molecule has 6 heteroatoms. The van der Waals surface area contributed by atoms with Crippen molar-refractivity contribution in [3.8, 4) is 5.75 Å². The molecule has 1 N–H and O–H groups in total. The summed E-state index contributed by atoms with van der Waals surface area (Å²) >= 11 is 1.41. The molecule has 1 aromatic carbocycles. The van der Waals surface area contributed by atoms with Crippen LogP contribution in [0.3, 0.4) is 0 Å². The van der Waals surface area contributed by atoms with Crippen molar-refractivity contribution in [2.75, 3.05) is 11.9 Å². The van der Waals surface area contributed by atoms with Gasteiger partial charge in [-0.15, -0.1) is 10.2 Å². The lowest BCUT2D eigenvalue weighted by Crippen LogP contribution is -2.14. The Bertz CT molecular complexity index is 652. The smallest absolute Gasteiger partial charge is 0.261 e. The molecular formula is C16H21N3O2S. The molecule has 1 amide bonds. The van der Waals surface area contributed by atoms with E-state index in [-0.39, 0.29) is 11.3 Å². The number of aromatic nitrogens is 2. The van der Waals surface area contributed by atoms with Gasteiger partial charge in [-0.1, -0.05) is 44.2 Å². The van der Waals surface area contributed by atoms with Crippen molar-refractivity contribution >= 4 is 22.4 Å². The SMILES string of the molecule is CCOc1ccccc1C(=O)Nc1nnc(C(C)(C)CC)s1. The normalized spacial score (nSPS) is 11.3. The largest absolute Gasteiger partial charge is 0.493 e. The summed E-state index contributed by atoms with van der Waals surface area (Å²) in [6.07, 6.45) is 0.961. The summed E-state index contributed by atoms with van der Waals surface area (Å²) in [5.41, 5.74) is 0.458. The predicted molar refractivity (Wildman–Crippen MR) is 88.8 cm³/mol. The number of rotatable bonds is 6. The third-order valence-corrected chi connectivity index (χ3v) is 4.74. The van der Waals surface area contributed by atoms with Crippen LogP contribution in [0, 0.1) is 0 Å². The van der Waals surface area contributed by atoms with Gasteiger partial charge in [-0.25, -0.2) is 0 Å². The first-order chi connectivity index (χ1) is 10.5. The topological polar surface area (TPSA) is 64.1 Å². The molecule has 0 bridgehead atoms. The Morgan fingerprint density at radius 1 is 1.27 bits per heavy atom. The molecular weight excluding hydrogens is 298 g/mol. The van der Waals surface area contributed by atoms with E-state index in [1.54, 1.807) is 12.1 Å². The van der Waals surface area contributed by atoms with Crippen molar-refractivity contribution in [1.29, 1.82) is 0 Å². The summed E-state index contributed by atoms with van der Waals surface area (Å²) in [5, 5.41) is 12.5. The Morgan fingerprint density at radius 3 is 2.68 bits per heavy atom. The summed E-state index contributed by atoms with van der Waals surface area (Å²) in [6.45, 7) is 8.74. The van der Waals surface area contributed by atoms with Gasteiger partial charge in [0.2, 0.25) is 5.13 Å². The van der Waals surface area contributed by atoms with Crippen LogP contribution in [0.5, 0.6) is 5.75 Å². The van der Waals surface area contributed by atoms with Gasteiger partial charge in [-0.2, -0.15) is 0 Å². The van der Waals surface area contributed by atoms with Crippen LogP contribution < -0.4 is 10.1 Å². The molecule has 2 aromatic rings. The van der Waals surface area contributed by atoms with Gasteiger partial charge in [-0.05, 0) is 25.5 Å². The van der Waals surface area contributed by atoms with Crippen molar-refractivity contribution < 1.29 is 9.53 Å². The van der Waals surface area contributed by atoms with Crippen LogP contribution in [0.1, 0.15) is 49.5 Å². The van der Waals surface area contributed by atoms with Crippen molar-refractivity contribution in [3.05, 3.63) is 34.8 Å². The fraction of sp³-hybridized carbons (Fsp3) is 0.438. The number of carbonyl (C=O) groups is 1. The first-order valence-electron chi connectivity index (χ1n) is 7.35. The van der Waals surface area contributed by atoms with Crippen molar-refractivity contribution in [2.45, 2.75) is 39.5 Å². The van der Waals surface area contributed by atoms with E-state index in [4.69, 9.17) is 4.74 Å². The highest BCUT2D eigenvalue weighted by Gasteiger charge is 2.24. The fourth-order valence-electron chi connectivity index (χ4n) is 1.80. The van der Waals surface area contributed by atoms with Crippen LogP contribution in [0.4, 0.5) is 5.13 Å². The monoisotopic (exact) mass is 319 g/mol. The minimum absolute atomic E-state index is 0.0378. The maximum atomic E-state index is 12.4. The number of amides is 1. The van der Waals surface area contributed by atoms with Crippen LogP contribution in [0.15, 0.2) is 24.3 Å². The number of hydrogen-bond acceptors (Lipinski definition) is 5. The number of benzene rings is 1. The molecule has 0 spiro atoms. The number of anilines is 1. The summed E-state index contributed by atoms with van der Waals surface area (Å²) < 4.78 is 5.48. The molecule has 0 atom stereocenters. The second kappa shape index (κ2) is 6.87. The summed E-state index contributed by atoms with van der Waals surface area (Å²) in [7, 11) is 0. The van der Waals surface area contributed by atoms with Crippen LogP contribution in [-0.4, -0.2) is 22.7 Å². The first-order valence-corrected chi connectivity index (χ1v) is 8.16. The van der Waals surface area contributed by atoms with Gasteiger partial charge in [0.1, 0.15) is 10.8 Å². The van der Waals surface area contributed by atoms with Gasteiger partial charge >= 0.3 is 0 Å². The van der Waals surface area contributed by atoms with E-state index in [2.05, 4.69) is 36.3 Å². The standard InChI is InChI=1S/C16H21N3O2S/c1-5-16(3,4)14-18-19-15(22-14)17-13(20)11-9-7-8-10-12(11)21-6-2/h7-10H,5-6H2,1-4H3,(H,17,19,20). The fourth-order valence-corrected chi connectivity index (χ4v) is 2.71. The van der Waals surface area contributed by atoms with Crippen LogP contribution in [0.25, 0.3) is 0 Å². The van der Waals surface area contributed by atoms with E-state index in [0.29, 0.717) is 23.1 Å². The zero-order valence-corrected chi connectivity index (χ0v) is 14.2. The lowest BCUT2D eigenvalue weighted by molar-refractivity contribution is 0.102. The molecule has 0 saturated heterocycles. The molecule has 118 valence electrons. The molecule has 22 heavy (non-hydrogen) atoms. The number of carbonyl (C=O) groups excluding carboxylic acids is 1. The van der Waals surface area contributed by atoms with Gasteiger partial charge in [-0.3, -0.25) is 10.1 Å². The zero-order valence-electron chi connectivity index (χ0n) is 13.3.